The van der Waals surface area contributed by atoms with Crippen LogP contribution in [0.4, 0.5) is 4.79 Å². The number of fused-ring (bicyclic) bond motifs is 3. The predicted octanol–water partition coefficient (Wildman–Crippen LogP) is 4.70. The van der Waals surface area contributed by atoms with Gasteiger partial charge in [-0.3, -0.25) is 9.59 Å². The average molecular weight is 467 g/mol. The van der Waals surface area contributed by atoms with Gasteiger partial charge >= 0.3 is 12.1 Å². The number of amides is 2. The van der Waals surface area contributed by atoms with Crippen molar-refractivity contribution in [3.63, 3.8) is 0 Å². The number of carboxylic acid groups (broad SMARTS) is 1. The fourth-order valence-electron chi connectivity index (χ4n) is 4.38. The van der Waals surface area contributed by atoms with E-state index in [0.29, 0.717) is 6.42 Å². The average Bonchev–Trinajstić information content (AvgIpc) is 3.13. The van der Waals surface area contributed by atoms with Crippen molar-refractivity contribution in [2.24, 2.45) is 5.92 Å². The third-order valence-corrected chi connectivity index (χ3v) is 6.33. The highest BCUT2D eigenvalue weighted by Gasteiger charge is 2.30. The highest BCUT2D eigenvalue weighted by Crippen LogP contribution is 2.44. The van der Waals surface area contributed by atoms with Gasteiger partial charge in [-0.2, -0.15) is 0 Å². The second-order valence-electron chi connectivity index (χ2n) is 9.12. The molecule has 0 spiro atoms. The van der Waals surface area contributed by atoms with Gasteiger partial charge in [-0.15, -0.1) is 0 Å². The second-order valence-corrected chi connectivity index (χ2v) is 9.12. The number of hydrogen-bond acceptors (Lipinski definition) is 4. The van der Waals surface area contributed by atoms with E-state index in [1.807, 2.05) is 57.2 Å². The molecule has 182 valence electrons. The fourth-order valence-corrected chi connectivity index (χ4v) is 4.38. The third-order valence-electron chi connectivity index (χ3n) is 6.33. The molecule has 0 aliphatic heterocycles. The summed E-state index contributed by atoms with van der Waals surface area (Å²) < 4.78 is 5.59. The summed E-state index contributed by atoms with van der Waals surface area (Å²) in [6.07, 6.45) is 1.22. The monoisotopic (exact) mass is 466 g/mol. The predicted molar refractivity (Wildman–Crippen MR) is 131 cm³/mol. The Kier molecular flexibility index (Phi) is 8.68. The number of ether oxygens (including phenoxy) is 1. The maximum atomic E-state index is 12.9. The van der Waals surface area contributed by atoms with Crippen molar-refractivity contribution >= 4 is 18.0 Å². The van der Waals surface area contributed by atoms with Gasteiger partial charge in [0, 0.05) is 12.0 Å². The number of nitrogens with one attached hydrogen (secondary N) is 2. The molecule has 34 heavy (non-hydrogen) atoms. The number of aliphatic carboxylic acids is 1. The molecule has 0 saturated heterocycles. The van der Waals surface area contributed by atoms with E-state index in [1.165, 1.54) is 0 Å². The van der Waals surface area contributed by atoms with Crippen LogP contribution in [0.5, 0.6) is 0 Å². The number of alkyl carbamates (subject to hydrolysis) is 1. The number of benzene rings is 2. The molecule has 0 heterocycles. The zero-order valence-corrected chi connectivity index (χ0v) is 20.0. The molecule has 0 bridgehead atoms. The highest BCUT2D eigenvalue weighted by molar-refractivity contribution is 5.86. The van der Waals surface area contributed by atoms with Crippen molar-refractivity contribution in [3.05, 3.63) is 59.7 Å². The molecule has 7 heteroatoms. The van der Waals surface area contributed by atoms with Crippen molar-refractivity contribution in [1.82, 2.24) is 10.6 Å². The largest absolute Gasteiger partial charge is 0.481 e. The first-order chi connectivity index (χ1) is 16.3. The van der Waals surface area contributed by atoms with Gasteiger partial charge in [-0.25, -0.2) is 4.79 Å². The second kappa shape index (κ2) is 11.7. The molecule has 2 amide bonds. The lowest BCUT2D eigenvalue weighted by molar-refractivity contribution is -0.138. The van der Waals surface area contributed by atoms with Crippen molar-refractivity contribution in [2.75, 3.05) is 6.61 Å². The van der Waals surface area contributed by atoms with Gasteiger partial charge < -0.3 is 20.5 Å². The topological polar surface area (TPSA) is 105 Å². The smallest absolute Gasteiger partial charge is 0.407 e. The summed E-state index contributed by atoms with van der Waals surface area (Å²) in [6, 6.07) is 14.9. The molecule has 3 rings (SSSR count). The molecule has 1 aliphatic carbocycles. The van der Waals surface area contributed by atoms with Crippen LogP contribution in [0.1, 0.15) is 63.5 Å². The van der Waals surface area contributed by atoms with E-state index in [1.54, 1.807) is 0 Å². The standard InChI is InChI=1S/C27H34N2O5/c1-4-5-14-23(26(32)28-24(17(2)3)15-25(30)31)29-27(33)34-16-22-20-12-8-6-10-18(20)19-11-7-9-13-21(19)22/h6-13,17,22-24H,4-5,14-16H2,1-3H3,(H,28,32)(H,29,33)(H,30,31)/t23-,24+/m0/s1. The van der Waals surface area contributed by atoms with E-state index in [4.69, 9.17) is 9.84 Å². The highest BCUT2D eigenvalue weighted by atomic mass is 16.5. The van der Waals surface area contributed by atoms with Crippen molar-refractivity contribution in [1.29, 1.82) is 0 Å². The summed E-state index contributed by atoms with van der Waals surface area (Å²) in [5, 5.41) is 14.6. The summed E-state index contributed by atoms with van der Waals surface area (Å²) in [5.74, 6) is -1.49. The van der Waals surface area contributed by atoms with Crippen molar-refractivity contribution < 1.29 is 24.2 Å². The van der Waals surface area contributed by atoms with Crippen LogP contribution in [0, 0.1) is 5.92 Å². The molecule has 0 radical (unpaired) electrons. The first-order valence-electron chi connectivity index (χ1n) is 12.0. The summed E-state index contributed by atoms with van der Waals surface area (Å²) in [6.45, 7) is 5.88. The van der Waals surface area contributed by atoms with E-state index >= 15 is 0 Å². The van der Waals surface area contributed by atoms with Crippen LogP contribution in [0.2, 0.25) is 0 Å². The minimum atomic E-state index is -0.978. The SMILES string of the molecule is CCCC[C@H](NC(=O)OCC1c2ccccc2-c2ccccc21)C(=O)N[C@H](CC(=O)O)C(C)C. The lowest BCUT2D eigenvalue weighted by Crippen LogP contribution is -2.51. The van der Waals surface area contributed by atoms with Crippen molar-refractivity contribution in [3.8, 4) is 11.1 Å². The van der Waals surface area contributed by atoms with E-state index in [9.17, 15) is 14.4 Å². The minimum absolute atomic E-state index is 0.0543. The Morgan fingerprint density at radius 1 is 0.971 bits per heavy atom. The Balaban J connectivity index is 1.65. The molecule has 0 fully saturated rings. The lowest BCUT2D eigenvalue weighted by atomic mass is 9.98. The van der Waals surface area contributed by atoms with E-state index in [0.717, 1.165) is 35.1 Å². The van der Waals surface area contributed by atoms with E-state index in [-0.39, 0.29) is 30.8 Å². The zero-order chi connectivity index (χ0) is 24.7. The Morgan fingerprint density at radius 3 is 2.09 bits per heavy atom. The Morgan fingerprint density at radius 2 is 1.56 bits per heavy atom. The van der Waals surface area contributed by atoms with E-state index < -0.39 is 24.1 Å². The number of carboxylic acids is 1. The molecule has 0 saturated carbocycles. The molecule has 2 atom stereocenters. The molecule has 2 aromatic carbocycles. The number of carbonyl (C=O) groups is 3. The van der Waals surface area contributed by atoms with Gasteiger partial charge in [0.25, 0.3) is 0 Å². The van der Waals surface area contributed by atoms with Crippen LogP contribution in [-0.2, 0) is 14.3 Å². The summed E-state index contributed by atoms with van der Waals surface area (Å²) in [5.41, 5.74) is 4.52. The van der Waals surface area contributed by atoms with Crippen molar-refractivity contribution in [2.45, 2.75) is 64.5 Å². The number of rotatable bonds is 11. The summed E-state index contributed by atoms with van der Waals surface area (Å²) in [4.78, 5) is 36.7. The third kappa shape index (κ3) is 6.16. The Hall–Kier alpha value is -3.35. The quantitative estimate of drug-likeness (QED) is 0.445. The normalized spacial score (nSPS) is 14.1. The van der Waals surface area contributed by atoms with Crippen LogP contribution < -0.4 is 10.6 Å². The van der Waals surface area contributed by atoms with Crippen LogP contribution in [0.3, 0.4) is 0 Å². The fraction of sp³-hybridized carbons (Fsp3) is 0.444. The molecule has 1 aliphatic rings. The van der Waals surface area contributed by atoms with Gasteiger partial charge in [0.15, 0.2) is 0 Å². The molecular weight excluding hydrogens is 432 g/mol. The number of unbranched alkanes of at least 4 members (excludes halogenated alkanes) is 1. The minimum Gasteiger partial charge on any atom is -0.481 e. The van der Waals surface area contributed by atoms with Gasteiger partial charge in [-0.05, 0) is 34.6 Å². The molecule has 2 aromatic rings. The van der Waals surface area contributed by atoms with Gasteiger partial charge in [0.05, 0.1) is 6.42 Å². The van der Waals surface area contributed by atoms with E-state index in [2.05, 4.69) is 22.8 Å². The van der Waals surface area contributed by atoms with Gasteiger partial charge in [0.2, 0.25) is 5.91 Å². The number of carbonyl (C=O) groups excluding carboxylic acids is 2. The van der Waals surface area contributed by atoms with Gasteiger partial charge in [-0.1, -0.05) is 82.1 Å². The first-order valence-corrected chi connectivity index (χ1v) is 12.0. The summed E-state index contributed by atoms with van der Waals surface area (Å²) >= 11 is 0. The maximum absolute atomic E-state index is 12.9. The van der Waals surface area contributed by atoms with Crippen LogP contribution in [0.15, 0.2) is 48.5 Å². The Labute approximate surface area is 200 Å². The number of hydrogen-bond donors (Lipinski definition) is 3. The lowest BCUT2D eigenvalue weighted by Gasteiger charge is -2.25. The van der Waals surface area contributed by atoms with Crippen LogP contribution in [-0.4, -0.2) is 41.8 Å². The zero-order valence-electron chi connectivity index (χ0n) is 20.0. The molecule has 0 aromatic heterocycles. The Bertz CT molecular complexity index is 974. The van der Waals surface area contributed by atoms with Gasteiger partial charge in [0.1, 0.15) is 12.6 Å². The molecular formula is C27H34N2O5. The molecule has 0 unspecified atom stereocenters. The maximum Gasteiger partial charge on any atom is 0.407 e. The summed E-state index contributed by atoms with van der Waals surface area (Å²) in [7, 11) is 0. The molecule has 7 nitrogen and oxygen atoms in total. The molecule has 3 N–H and O–H groups in total. The van der Waals surface area contributed by atoms with Crippen LogP contribution in [0.25, 0.3) is 11.1 Å². The van der Waals surface area contributed by atoms with Crippen LogP contribution >= 0.6 is 0 Å². The first kappa shape index (κ1) is 25.3.